The van der Waals surface area contributed by atoms with Crippen molar-refractivity contribution in [3.05, 3.63) is 35.4 Å². The van der Waals surface area contributed by atoms with Crippen LogP contribution in [0.4, 0.5) is 0 Å². The molecule has 2 aliphatic heterocycles. The molecule has 0 aromatic heterocycles. The van der Waals surface area contributed by atoms with E-state index in [4.69, 9.17) is 0 Å². The molecule has 2 unspecified atom stereocenters. The normalized spacial score (nSPS) is 27.4. The van der Waals surface area contributed by atoms with Crippen molar-refractivity contribution in [2.75, 3.05) is 26.2 Å². The monoisotopic (exact) mass is 362 g/mol. The van der Waals surface area contributed by atoms with Gasteiger partial charge in [-0.05, 0) is 60.6 Å². The Morgan fingerprint density at radius 1 is 1.16 bits per heavy atom. The van der Waals surface area contributed by atoms with Crippen molar-refractivity contribution in [3.8, 4) is 0 Å². The van der Waals surface area contributed by atoms with E-state index in [0.717, 1.165) is 32.6 Å². The molecule has 1 amide bonds. The van der Waals surface area contributed by atoms with Crippen LogP contribution in [0.25, 0.3) is 0 Å². The van der Waals surface area contributed by atoms with E-state index in [1.807, 2.05) is 0 Å². The molecular weight excluding hydrogens is 332 g/mol. The predicted molar refractivity (Wildman–Crippen MR) is 104 cm³/mol. The fourth-order valence-corrected chi connectivity index (χ4v) is 4.62. The van der Waals surface area contributed by atoms with E-state index in [2.05, 4.69) is 48.3 Å². The van der Waals surface area contributed by atoms with Gasteiger partial charge in [0.1, 0.15) is 0 Å². The second-order valence-corrected chi connectivity index (χ2v) is 8.52. The summed E-state index contributed by atoms with van der Waals surface area (Å²) in [5.74, 6) is 1.68. The maximum atomic E-state index is 12.8. The fourth-order valence-electron chi connectivity index (χ4n) is 4.62. The van der Waals surface area contributed by atoms with Gasteiger partial charge in [-0.25, -0.2) is 0 Å². The van der Waals surface area contributed by atoms with Gasteiger partial charge in [0.15, 0.2) is 0 Å². The van der Waals surface area contributed by atoms with Crippen LogP contribution in [-0.2, 0) is 4.79 Å². The highest BCUT2D eigenvalue weighted by molar-refractivity contribution is 5.85. The number of likely N-dealkylation sites (tertiary alicyclic amines) is 1. The maximum absolute atomic E-state index is 12.8. The summed E-state index contributed by atoms with van der Waals surface area (Å²) in [7, 11) is 0. The molecule has 2 atom stereocenters. The quantitative estimate of drug-likeness (QED) is 0.883. The van der Waals surface area contributed by atoms with Crippen molar-refractivity contribution >= 4 is 18.3 Å². The molecule has 1 N–H and O–H groups in total. The second kappa shape index (κ2) is 7.28. The first-order valence-electron chi connectivity index (χ1n) is 9.67. The minimum atomic E-state index is 0. The number of benzene rings is 1. The first-order chi connectivity index (χ1) is 11.6. The molecule has 4 rings (SSSR count). The van der Waals surface area contributed by atoms with Crippen molar-refractivity contribution in [2.24, 2.45) is 11.3 Å². The molecule has 3 nitrogen and oxygen atoms in total. The largest absolute Gasteiger partial charge is 0.342 e. The molecule has 3 fully saturated rings. The number of carbonyl (C=O) groups is 1. The summed E-state index contributed by atoms with van der Waals surface area (Å²) < 4.78 is 0. The second-order valence-electron chi connectivity index (χ2n) is 8.52. The molecule has 1 spiro atoms. The summed E-state index contributed by atoms with van der Waals surface area (Å²) in [5.41, 5.74) is 3.23. The Bertz CT molecular complexity index is 597. The van der Waals surface area contributed by atoms with Crippen LogP contribution < -0.4 is 5.32 Å². The van der Waals surface area contributed by atoms with Gasteiger partial charge in [-0.1, -0.05) is 38.1 Å². The standard InChI is InChI=1S/C21H30N2O.ClH/c1-15(2)16-3-5-17(6-4-16)18-13-19(18)20(24)23-11-8-21(9-12-23)7-10-22-14-21;/h3-6,15,18-19,22H,7-14H2,1-2H3;1H. The van der Waals surface area contributed by atoms with Gasteiger partial charge in [-0.3, -0.25) is 4.79 Å². The van der Waals surface area contributed by atoms with Gasteiger partial charge >= 0.3 is 0 Å². The van der Waals surface area contributed by atoms with E-state index in [0.29, 0.717) is 23.2 Å². The summed E-state index contributed by atoms with van der Waals surface area (Å²) in [5, 5.41) is 3.50. The molecule has 25 heavy (non-hydrogen) atoms. The fraction of sp³-hybridized carbons (Fsp3) is 0.667. The Morgan fingerprint density at radius 2 is 1.84 bits per heavy atom. The molecule has 1 aliphatic carbocycles. The Hall–Kier alpha value is -1.06. The number of piperidine rings is 1. The lowest BCUT2D eigenvalue weighted by molar-refractivity contribution is -0.134. The number of carbonyl (C=O) groups excluding carboxylic acids is 1. The van der Waals surface area contributed by atoms with Crippen molar-refractivity contribution < 1.29 is 4.79 Å². The van der Waals surface area contributed by atoms with Crippen molar-refractivity contribution in [1.82, 2.24) is 10.2 Å². The Labute approximate surface area is 158 Å². The van der Waals surface area contributed by atoms with E-state index in [9.17, 15) is 4.79 Å². The number of halogens is 1. The van der Waals surface area contributed by atoms with Crippen molar-refractivity contribution in [3.63, 3.8) is 0 Å². The molecule has 3 aliphatic rings. The third-order valence-electron chi connectivity index (χ3n) is 6.61. The van der Waals surface area contributed by atoms with Crippen molar-refractivity contribution in [2.45, 2.75) is 51.4 Å². The van der Waals surface area contributed by atoms with E-state index in [1.54, 1.807) is 0 Å². The van der Waals surface area contributed by atoms with Gasteiger partial charge in [-0.2, -0.15) is 0 Å². The molecule has 2 heterocycles. The van der Waals surface area contributed by atoms with Crippen LogP contribution in [0.1, 0.15) is 62.5 Å². The van der Waals surface area contributed by atoms with Gasteiger partial charge < -0.3 is 10.2 Å². The van der Waals surface area contributed by atoms with Crippen LogP contribution in [-0.4, -0.2) is 37.0 Å². The number of hydrogen-bond acceptors (Lipinski definition) is 2. The number of hydrogen-bond donors (Lipinski definition) is 1. The molecule has 138 valence electrons. The molecule has 1 saturated carbocycles. The zero-order valence-electron chi connectivity index (χ0n) is 15.5. The summed E-state index contributed by atoms with van der Waals surface area (Å²) in [4.78, 5) is 15.0. The third kappa shape index (κ3) is 3.73. The molecule has 1 aromatic carbocycles. The average Bonchev–Trinajstić information content (AvgIpc) is 3.29. The molecule has 0 radical (unpaired) electrons. The van der Waals surface area contributed by atoms with Crippen molar-refractivity contribution in [1.29, 1.82) is 0 Å². The first kappa shape index (κ1) is 18.7. The summed E-state index contributed by atoms with van der Waals surface area (Å²) in [6.45, 7) is 8.70. The predicted octanol–water partition coefficient (Wildman–Crippen LogP) is 3.94. The van der Waals surface area contributed by atoms with Crippen LogP contribution in [0.2, 0.25) is 0 Å². The highest BCUT2D eigenvalue weighted by Crippen LogP contribution is 2.49. The summed E-state index contributed by atoms with van der Waals surface area (Å²) in [6, 6.07) is 8.94. The van der Waals surface area contributed by atoms with Crippen LogP contribution in [0.3, 0.4) is 0 Å². The molecule has 1 aromatic rings. The maximum Gasteiger partial charge on any atom is 0.226 e. The minimum Gasteiger partial charge on any atom is -0.342 e. The number of nitrogens with one attached hydrogen (secondary N) is 1. The van der Waals surface area contributed by atoms with E-state index in [1.165, 1.54) is 30.4 Å². The lowest BCUT2D eigenvalue weighted by Crippen LogP contribution is -2.44. The Morgan fingerprint density at radius 3 is 2.40 bits per heavy atom. The minimum absolute atomic E-state index is 0. The lowest BCUT2D eigenvalue weighted by Gasteiger charge is -2.39. The third-order valence-corrected chi connectivity index (χ3v) is 6.61. The number of nitrogens with zero attached hydrogens (tertiary/aromatic N) is 1. The lowest BCUT2D eigenvalue weighted by atomic mass is 9.78. The number of amides is 1. The Kier molecular flexibility index (Phi) is 5.45. The summed E-state index contributed by atoms with van der Waals surface area (Å²) in [6.07, 6.45) is 4.71. The first-order valence-corrected chi connectivity index (χ1v) is 9.67. The Balaban J connectivity index is 0.00000182. The summed E-state index contributed by atoms with van der Waals surface area (Å²) >= 11 is 0. The van der Waals surface area contributed by atoms with E-state index < -0.39 is 0 Å². The highest BCUT2D eigenvalue weighted by atomic mass is 35.5. The molecule has 0 bridgehead atoms. The molecular formula is C21H31ClN2O. The smallest absolute Gasteiger partial charge is 0.226 e. The van der Waals surface area contributed by atoms with E-state index >= 15 is 0 Å². The van der Waals surface area contributed by atoms with Crippen LogP contribution >= 0.6 is 12.4 Å². The highest BCUT2D eigenvalue weighted by Gasteiger charge is 2.47. The van der Waals surface area contributed by atoms with Crippen LogP contribution in [0.15, 0.2) is 24.3 Å². The van der Waals surface area contributed by atoms with E-state index in [-0.39, 0.29) is 18.3 Å². The average molecular weight is 363 g/mol. The molecule has 4 heteroatoms. The zero-order valence-corrected chi connectivity index (χ0v) is 16.3. The van der Waals surface area contributed by atoms with Crippen LogP contribution in [0, 0.1) is 11.3 Å². The SMILES string of the molecule is CC(C)c1ccc(C2CC2C(=O)N2CCC3(CCNC3)CC2)cc1.Cl. The topological polar surface area (TPSA) is 32.3 Å². The van der Waals surface area contributed by atoms with Gasteiger partial charge in [0, 0.05) is 25.6 Å². The molecule has 2 saturated heterocycles. The van der Waals surface area contributed by atoms with Gasteiger partial charge in [0.2, 0.25) is 5.91 Å². The van der Waals surface area contributed by atoms with Gasteiger partial charge in [0.25, 0.3) is 0 Å². The van der Waals surface area contributed by atoms with Gasteiger partial charge in [-0.15, -0.1) is 12.4 Å². The van der Waals surface area contributed by atoms with Crippen LogP contribution in [0.5, 0.6) is 0 Å². The van der Waals surface area contributed by atoms with Gasteiger partial charge in [0.05, 0.1) is 0 Å². The zero-order chi connectivity index (χ0) is 16.7. The number of rotatable bonds is 3.